The van der Waals surface area contributed by atoms with E-state index in [0.29, 0.717) is 6.54 Å². The summed E-state index contributed by atoms with van der Waals surface area (Å²) in [6, 6.07) is 18.5. The van der Waals surface area contributed by atoms with E-state index in [-0.39, 0.29) is 11.9 Å². The summed E-state index contributed by atoms with van der Waals surface area (Å²) in [5.74, 6) is 0.916. The van der Waals surface area contributed by atoms with Gasteiger partial charge in [0.2, 0.25) is 11.0 Å². The van der Waals surface area contributed by atoms with Gasteiger partial charge < -0.3 is 9.80 Å². The van der Waals surface area contributed by atoms with Crippen molar-refractivity contribution in [1.82, 2.24) is 14.3 Å². The Labute approximate surface area is 181 Å². The highest BCUT2D eigenvalue weighted by molar-refractivity contribution is 7.09. The second-order valence-electron chi connectivity index (χ2n) is 7.73. The molecule has 1 amide bonds. The molecular weight excluding hydrogens is 392 g/mol. The average Bonchev–Trinajstić information content (AvgIpc) is 3.23. The molecule has 1 fully saturated rings. The summed E-state index contributed by atoms with van der Waals surface area (Å²) in [5.41, 5.74) is 3.51. The lowest BCUT2D eigenvalue weighted by Crippen LogP contribution is -2.53. The number of aromatic nitrogens is 2. The van der Waals surface area contributed by atoms with Gasteiger partial charge in [0.15, 0.2) is 0 Å². The van der Waals surface area contributed by atoms with E-state index in [1.54, 1.807) is 6.08 Å². The fourth-order valence-corrected chi connectivity index (χ4v) is 4.34. The Balaban J connectivity index is 1.35. The van der Waals surface area contributed by atoms with Gasteiger partial charge in [0.25, 0.3) is 0 Å². The van der Waals surface area contributed by atoms with Gasteiger partial charge in [-0.25, -0.2) is 4.98 Å². The van der Waals surface area contributed by atoms with Crippen molar-refractivity contribution in [3.05, 3.63) is 83.2 Å². The highest BCUT2D eigenvalue weighted by Crippen LogP contribution is 2.23. The van der Waals surface area contributed by atoms with Crippen LogP contribution in [-0.2, 0) is 11.2 Å². The number of hydrogen-bond donors (Lipinski definition) is 0. The Morgan fingerprint density at radius 1 is 1.13 bits per heavy atom. The van der Waals surface area contributed by atoms with Crippen molar-refractivity contribution in [3.63, 3.8) is 0 Å². The number of aryl methyl sites for hydroxylation is 1. The minimum absolute atomic E-state index is 0.0586. The summed E-state index contributed by atoms with van der Waals surface area (Å²) in [6.07, 6.45) is 4.30. The first kappa shape index (κ1) is 20.3. The van der Waals surface area contributed by atoms with Crippen molar-refractivity contribution in [3.8, 4) is 0 Å². The van der Waals surface area contributed by atoms with Gasteiger partial charge >= 0.3 is 0 Å². The molecule has 4 rings (SSSR count). The van der Waals surface area contributed by atoms with Crippen LogP contribution in [0.5, 0.6) is 0 Å². The molecular formula is C24H26N4OS. The highest BCUT2D eigenvalue weighted by atomic mass is 32.1. The summed E-state index contributed by atoms with van der Waals surface area (Å²) in [5, 5.41) is 0.941. The predicted octanol–water partition coefficient (Wildman–Crippen LogP) is 4.19. The summed E-state index contributed by atoms with van der Waals surface area (Å²) >= 11 is 1.45. The maximum atomic E-state index is 12.7. The van der Waals surface area contributed by atoms with Crippen molar-refractivity contribution in [2.24, 2.45) is 0 Å². The molecule has 5 nitrogen and oxygen atoms in total. The lowest BCUT2D eigenvalue weighted by atomic mass is 10.1. The molecule has 0 N–H and O–H groups in total. The van der Waals surface area contributed by atoms with Crippen LogP contribution in [0.1, 0.15) is 29.4 Å². The van der Waals surface area contributed by atoms with Gasteiger partial charge in [-0.15, -0.1) is 0 Å². The minimum Gasteiger partial charge on any atom is -0.343 e. The fourth-order valence-electron chi connectivity index (χ4n) is 3.62. The van der Waals surface area contributed by atoms with Crippen LogP contribution in [0.25, 0.3) is 6.08 Å². The van der Waals surface area contributed by atoms with Crippen LogP contribution < -0.4 is 4.90 Å². The first-order chi connectivity index (χ1) is 14.6. The van der Waals surface area contributed by atoms with E-state index in [9.17, 15) is 4.79 Å². The highest BCUT2D eigenvalue weighted by Gasteiger charge is 2.28. The van der Waals surface area contributed by atoms with E-state index in [1.165, 1.54) is 22.7 Å². The van der Waals surface area contributed by atoms with Gasteiger partial charge in [0.1, 0.15) is 5.82 Å². The zero-order valence-electron chi connectivity index (χ0n) is 17.4. The predicted molar refractivity (Wildman–Crippen MR) is 123 cm³/mol. The molecule has 2 heterocycles. The maximum Gasteiger partial charge on any atom is 0.246 e. The third-order valence-corrected chi connectivity index (χ3v) is 6.15. The number of carbonyl (C=O) groups is 1. The number of rotatable bonds is 5. The number of anilines is 1. The van der Waals surface area contributed by atoms with Crippen LogP contribution in [0.2, 0.25) is 0 Å². The quantitative estimate of drug-likeness (QED) is 0.583. The standard InChI is InChI=1S/C24H26N4OS/c1-18-8-10-21(11-9-18)16-22-25-24(30-26-22)27-14-15-28(19(2)17-27)23(29)13-12-20-6-4-3-5-7-20/h3-13,19H,14-17H2,1-2H3/b13-12+. The third-order valence-electron chi connectivity index (χ3n) is 5.34. The normalized spacial score (nSPS) is 16.9. The van der Waals surface area contributed by atoms with Crippen molar-refractivity contribution in [1.29, 1.82) is 0 Å². The van der Waals surface area contributed by atoms with E-state index < -0.39 is 0 Å². The second kappa shape index (κ2) is 9.22. The van der Waals surface area contributed by atoms with Crippen molar-refractivity contribution in [2.45, 2.75) is 26.3 Å². The summed E-state index contributed by atoms with van der Waals surface area (Å²) in [6.45, 7) is 6.41. The molecule has 1 aliphatic heterocycles. The lowest BCUT2D eigenvalue weighted by Gasteiger charge is -2.39. The van der Waals surface area contributed by atoms with E-state index in [4.69, 9.17) is 4.98 Å². The lowest BCUT2D eigenvalue weighted by molar-refractivity contribution is -0.128. The zero-order valence-corrected chi connectivity index (χ0v) is 18.2. The number of amides is 1. The van der Waals surface area contributed by atoms with Crippen LogP contribution in [0.3, 0.4) is 0 Å². The molecule has 2 aromatic carbocycles. The van der Waals surface area contributed by atoms with Crippen molar-refractivity contribution in [2.75, 3.05) is 24.5 Å². The summed E-state index contributed by atoms with van der Waals surface area (Å²) in [7, 11) is 0. The molecule has 1 saturated heterocycles. The van der Waals surface area contributed by atoms with Crippen LogP contribution in [0.4, 0.5) is 5.13 Å². The smallest absolute Gasteiger partial charge is 0.246 e. The molecule has 0 bridgehead atoms. The molecule has 0 saturated carbocycles. The Morgan fingerprint density at radius 3 is 2.63 bits per heavy atom. The maximum absolute atomic E-state index is 12.7. The van der Waals surface area contributed by atoms with E-state index >= 15 is 0 Å². The number of nitrogens with zero attached hydrogens (tertiary/aromatic N) is 4. The molecule has 0 aliphatic carbocycles. The first-order valence-corrected chi connectivity index (χ1v) is 11.0. The van der Waals surface area contributed by atoms with Gasteiger partial charge in [-0.2, -0.15) is 4.37 Å². The molecule has 154 valence electrons. The van der Waals surface area contributed by atoms with Gasteiger partial charge in [-0.3, -0.25) is 4.79 Å². The Morgan fingerprint density at radius 2 is 1.90 bits per heavy atom. The molecule has 1 aromatic heterocycles. The Hall–Kier alpha value is -2.99. The molecule has 1 aliphatic rings. The Kier molecular flexibility index (Phi) is 6.23. The van der Waals surface area contributed by atoms with Crippen molar-refractivity contribution >= 4 is 28.6 Å². The average molecular weight is 419 g/mol. The molecule has 6 heteroatoms. The van der Waals surface area contributed by atoms with Crippen LogP contribution >= 0.6 is 11.5 Å². The van der Waals surface area contributed by atoms with E-state index in [1.807, 2.05) is 41.3 Å². The Bertz CT molecular complexity index is 1010. The van der Waals surface area contributed by atoms with E-state index in [2.05, 4.69) is 47.4 Å². The van der Waals surface area contributed by atoms with Gasteiger partial charge in [-0.05, 0) is 31.1 Å². The van der Waals surface area contributed by atoms with Gasteiger partial charge in [0, 0.05) is 49.7 Å². The summed E-state index contributed by atoms with van der Waals surface area (Å²) in [4.78, 5) is 21.6. The van der Waals surface area contributed by atoms with Gasteiger partial charge in [0.05, 0.1) is 0 Å². The minimum atomic E-state index is 0.0586. The fraction of sp³-hybridized carbons (Fsp3) is 0.292. The second-order valence-corrected chi connectivity index (χ2v) is 8.46. The van der Waals surface area contributed by atoms with Crippen molar-refractivity contribution < 1.29 is 4.79 Å². The number of piperazine rings is 1. The van der Waals surface area contributed by atoms with Crippen LogP contribution in [-0.4, -0.2) is 45.8 Å². The molecule has 0 spiro atoms. The molecule has 0 radical (unpaired) electrons. The largest absolute Gasteiger partial charge is 0.343 e. The molecule has 30 heavy (non-hydrogen) atoms. The number of carbonyl (C=O) groups excluding carboxylic acids is 1. The molecule has 1 unspecified atom stereocenters. The third kappa shape index (κ3) is 4.94. The number of benzene rings is 2. The summed E-state index contributed by atoms with van der Waals surface area (Å²) < 4.78 is 4.55. The SMILES string of the molecule is Cc1ccc(Cc2nsc(N3CCN(C(=O)/C=C/c4ccccc4)C(C)C3)n2)cc1. The molecule has 3 aromatic rings. The molecule has 1 atom stereocenters. The first-order valence-electron chi connectivity index (χ1n) is 10.3. The van der Waals surface area contributed by atoms with Gasteiger partial charge in [-0.1, -0.05) is 60.2 Å². The van der Waals surface area contributed by atoms with Crippen LogP contribution in [0.15, 0.2) is 60.7 Å². The number of hydrogen-bond acceptors (Lipinski definition) is 5. The zero-order chi connectivity index (χ0) is 20.9. The van der Waals surface area contributed by atoms with E-state index in [0.717, 1.165) is 36.0 Å². The topological polar surface area (TPSA) is 49.3 Å². The van der Waals surface area contributed by atoms with Crippen LogP contribution in [0, 0.1) is 6.92 Å². The monoisotopic (exact) mass is 418 g/mol.